The molecule has 24 heavy (non-hydrogen) atoms. The Morgan fingerprint density at radius 1 is 0.708 bits per heavy atom. The molecular formula is C20H13F3O. The van der Waals surface area contributed by atoms with Gasteiger partial charge in [0.2, 0.25) is 0 Å². The number of hydrogen-bond acceptors (Lipinski definition) is 1. The summed E-state index contributed by atoms with van der Waals surface area (Å²) in [5, 5.41) is 0. The van der Waals surface area contributed by atoms with Gasteiger partial charge in [-0.3, -0.25) is 0 Å². The summed E-state index contributed by atoms with van der Waals surface area (Å²) >= 11 is 0. The molecule has 4 rings (SSSR count). The second-order valence-electron chi connectivity index (χ2n) is 5.70. The lowest BCUT2D eigenvalue weighted by Gasteiger charge is -2.31. The summed E-state index contributed by atoms with van der Waals surface area (Å²) in [5.41, 5.74) is 1.08. The zero-order valence-corrected chi connectivity index (χ0v) is 12.5. The monoisotopic (exact) mass is 326 g/mol. The summed E-state index contributed by atoms with van der Waals surface area (Å²) in [6, 6.07) is 20.6. The van der Waals surface area contributed by atoms with E-state index in [4.69, 9.17) is 4.74 Å². The van der Waals surface area contributed by atoms with Crippen LogP contribution in [0.15, 0.2) is 72.8 Å². The molecule has 1 aliphatic heterocycles. The average Bonchev–Trinajstić information content (AvgIpc) is 2.59. The van der Waals surface area contributed by atoms with Crippen LogP contribution in [0.3, 0.4) is 0 Å². The Morgan fingerprint density at radius 2 is 1.38 bits per heavy atom. The van der Waals surface area contributed by atoms with Crippen molar-refractivity contribution in [1.29, 1.82) is 0 Å². The van der Waals surface area contributed by atoms with E-state index in [0.717, 1.165) is 17.2 Å². The van der Waals surface area contributed by atoms with Crippen LogP contribution in [0.5, 0.6) is 11.5 Å². The van der Waals surface area contributed by atoms with E-state index < -0.39 is 17.7 Å². The number of fused-ring (bicyclic) bond motifs is 2. The van der Waals surface area contributed by atoms with Crippen LogP contribution in [0.2, 0.25) is 0 Å². The molecule has 0 radical (unpaired) electrons. The van der Waals surface area contributed by atoms with Gasteiger partial charge in [-0.15, -0.1) is 0 Å². The van der Waals surface area contributed by atoms with Gasteiger partial charge in [-0.05, 0) is 23.8 Å². The predicted octanol–water partition coefficient (Wildman–Crippen LogP) is 5.99. The minimum Gasteiger partial charge on any atom is -0.457 e. The minimum atomic E-state index is -4.44. The van der Waals surface area contributed by atoms with E-state index in [1.54, 1.807) is 12.1 Å². The molecule has 0 amide bonds. The third kappa shape index (κ3) is 2.35. The molecule has 0 fully saturated rings. The lowest BCUT2D eigenvalue weighted by Crippen LogP contribution is -2.18. The number of rotatable bonds is 1. The van der Waals surface area contributed by atoms with E-state index in [1.165, 1.54) is 6.07 Å². The van der Waals surface area contributed by atoms with Crippen molar-refractivity contribution >= 4 is 0 Å². The highest BCUT2D eigenvalue weighted by molar-refractivity contribution is 5.60. The van der Waals surface area contributed by atoms with Crippen LogP contribution in [0.1, 0.15) is 28.2 Å². The summed E-state index contributed by atoms with van der Waals surface area (Å²) in [5.74, 6) is 0.347. The molecule has 1 nitrogen and oxygen atoms in total. The largest absolute Gasteiger partial charge is 0.457 e. The summed E-state index contributed by atoms with van der Waals surface area (Å²) in [7, 11) is 0. The van der Waals surface area contributed by atoms with Crippen molar-refractivity contribution in [2.45, 2.75) is 12.1 Å². The highest BCUT2D eigenvalue weighted by Gasteiger charge is 2.40. The number of ether oxygens (including phenoxy) is 1. The molecule has 120 valence electrons. The molecule has 0 bridgehead atoms. The van der Waals surface area contributed by atoms with Crippen LogP contribution in [-0.2, 0) is 6.18 Å². The van der Waals surface area contributed by atoms with E-state index in [0.29, 0.717) is 5.75 Å². The van der Waals surface area contributed by atoms with E-state index in [1.807, 2.05) is 48.5 Å². The summed E-state index contributed by atoms with van der Waals surface area (Å²) in [6.45, 7) is 0. The molecule has 1 atom stereocenters. The van der Waals surface area contributed by atoms with Crippen LogP contribution < -0.4 is 4.74 Å². The van der Waals surface area contributed by atoms with Crippen molar-refractivity contribution < 1.29 is 17.9 Å². The van der Waals surface area contributed by atoms with E-state index in [-0.39, 0.29) is 11.3 Å². The van der Waals surface area contributed by atoms with Crippen molar-refractivity contribution in [2.75, 3.05) is 0 Å². The van der Waals surface area contributed by atoms with Gasteiger partial charge >= 0.3 is 6.18 Å². The number of hydrogen-bond donors (Lipinski definition) is 0. The van der Waals surface area contributed by atoms with Gasteiger partial charge in [0.25, 0.3) is 0 Å². The Morgan fingerprint density at radius 3 is 2.12 bits per heavy atom. The van der Waals surface area contributed by atoms with Crippen LogP contribution in [0, 0.1) is 0 Å². The number of benzene rings is 3. The maximum Gasteiger partial charge on any atom is 0.416 e. The normalized spacial score (nSPS) is 16.0. The molecule has 0 N–H and O–H groups in total. The topological polar surface area (TPSA) is 9.23 Å². The van der Waals surface area contributed by atoms with Gasteiger partial charge in [0.1, 0.15) is 11.5 Å². The predicted molar refractivity (Wildman–Crippen MR) is 85.3 cm³/mol. The first kappa shape index (κ1) is 14.8. The van der Waals surface area contributed by atoms with Gasteiger partial charge in [0.15, 0.2) is 0 Å². The highest BCUT2D eigenvalue weighted by Crippen LogP contribution is 2.51. The van der Waals surface area contributed by atoms with E-state index in [2.05, 4.69) is 0 Å². The smallest absolute Gasteiger partial charge is 0.416 e. The number of alkyl halides is 3. The minimum absolute atomic E-state index is 0.176. The second kappa shape index (κ2) is 5.41. The highest BCUT2D eigenvalue weighted by atomic mass is 19.4. The second-order valence-corrected chi connectivity index (χ2v) is 5.70. The van der Waals surface area contributed by atoms with Crippen molar-refractivity contribution in [1.82, 2.24) is 0 Å². The molecule has 3 aromatic carbocycles. The van der Waals surface area contributed by atoms with Crippen molar-refractivity contribution in [2.24, 2.45) is 0 Å². The van der Waals surface area contributed by atoms with Gasteiger partial charge < -0.3 is 4.74 Å². The zero-order chi connectivity index (χ0) is 16.7. The molecule has 1 aliphatic rings. The standard InChI is InChI=1S/C20H13F3O/c21-20(22,23)15-10-6-12-17-19(15)18(13-7-2-1-3-8-13)14-9-4-5-11-16(14)24-17/h1-12,18H. The lowest BCUT2D eigenvalue weighted by atomic mass is 9.80. The number of para-hydroxylation sites is 1. The van der Waals surface area contributed by atoms with Gasteiger partial charge in [0.05, 0.1) is 5.56 Å². The van der Waals surface area contributed by atoms with E-state index in [9.17, 15) is 13.2 Å². The van der Waals surface area contributed by atoms with Gasteiger partial charge in [-0.25, -0.2) is 0 Å². The SMILES string of the molecule is FC(F)(F)c1cccc2c1C(c1ccccc1)c1ccccc1O2. The molecule has 0 spiro atoms. The Balaban J connectivity index is 2.03. The van der Waals surface area contributed by atoms with Crippen LogP contribution >= 0.6 is 0 Å². The fraction of sp³-hybridized carbons (Fsp3) is 0.100. The fourth-order valence-electron chi connectivity index (χ4n) is 3.26. The first-order chi connectivity index (χ1) is 11.6. The third-order valence-corrected chi connectivity index (χ3v) is 4.24. The van der Waals surface area contributed by atoms with Gasteiger partial charge in [-0.1, -0.05) is 54.6 Å². The number of halogens is 3. The lowest BCUT2D eigenvalue weighted by molar-refractivity contribution is -0.138. The fourth-order valence-corrected chi connectivity index (χ4v) is 3.26. The molecule has 3 aromatic rings. The quantitative estimate of drug-likeness (QED) is 0.417. The van der Waals surface area contributed by atoms with Crippen molar-refractivity contribution in [3.63, 3.8) is 0 Å². The Kier molecular flexibility index (Phi) is 3.34. The zero-order valence-electron chi connectivity index (χ0n) is 12.5. The molecule has 0 aliphatic carbocycles. The summed E-state index contributed by atoms with van der Waals surface area (Å²) < 4.78 is 46.5. The molecular weight excluding hydrogens is 313 g/mol. The Labute approximate surface area is 137 Å². The van der Waals surface area contributed by atoms with Gasteiger partial charge in [0, 0.05) is 17.0 Å². The first-order valence-corrected chi connectivity index (χ1v) is 7.57. The molecule has 0 aromatic heterocycles. The van der Waals surface area contributed by atoms with Crippen molar-refractivity contribution in [3.05, 3.63) is 95.1 Å². The van der Waals surface area contributed by atoms with Crippen LogP contribution in [-0.4, -0.2) is 0 Å². The van der Waals surface area contributed by atoms with Gasteiger partial charge in [-0.2, -0.15) is 13.2 Å². The van der Waals surface area contributed by atoms with E-state index >= 15 is 0 Å². The van der Waals surface area contributed by atoms with Crippen LogP contribution in [0.4, 0.5) is 13.2 Å². The average molecular weight is 326 g/mol. The Hall–Kier alpha value is -2.75. The summed E-state index contributed by atoms with van der Waals surface area (Å²) in [6.07, 6.45) is -4.44. The molecule has 1 heterocycles. The maximum absolute atomic E-state index is 13.6. The van der Waals surface area contributed by atoms with Crippen molar-refractivity contribution in [3.8, 4) is 11.5 Å². The Bertz CT molecular complexity index is 885. The summed E-state index contributed by atoms with van der Waals surface area (Å²) in [4.78, 5) is 0. The molecule has 1 unspecified atom stereocenters. The maximum atomic E-state index is 13.6. The molecule has 0 saturated carbocycles. The molecule has 4 heteroatoms. The van der Waals surface area contributed by atoms with Crippen LogP contribution in [0.25, 0.3) is 0 Å². The molecule has 0 saturated heterocycles. The third-order valence-electron chi connectivity index (χ3n) is 4.24. The first-order valence-electron chi connectivity index (χ1n) is 7.57.